The SMILES string of the molecule is O=C(COC(=O)c1ccc(Cl)c([N+](=O)[O-])c1)NCc1ccc(Cl)cc1Cl. The fourth-order valence-electron chi connectivity index (χ4n) is 1.90. The van der Waals surface area contributed by atoms with Gasteiger partial charge in [-0.05, 0) is 29.8 Å². The van der Waals surface area contributed by atoms with Gasteiger partial charge in [-0.3, -0.25) is 14.9 Å². The summed E-state index contributed by atoms with van der Waals surface area (Å²) in [5.41, 5.74) is 0.127. The maximum Gasteiger partial charge on any atom is 0.338 e. The van der Waals surface area contributed by atoms with Crippen molar-refractivity contribution in [2.75, 3.05) is 6.61 Å². The monoisotopic (exact) mass is 416 g/mol. The number of nitrogens with zero attached hydrogens (tertiary/aromatic N) is 1. The van der Waals surface area contributed by atoms with Crippen LogP contribution in [0.2, 0.25) is 15.1 Å². The number of hydrogen-bond donors (Lipinski definition) is 1. The minimum atomic E-state index is -0.885. The number of carbonyl (C=O) groups is 2. The number of benzene rings is 2. The number of halogens is 3. The number of nitro groups is 1. The molecule has 136 valence electrons. The number of nitro benzene ring substituents is 1. The van der Waals surface area contributed by atoms with Crippen LogP contribution in [0.15, 0.2) is 36.4 Å². The molecule has 0 atom stereocenters. The third kappa shape index (κ3) is 5.32. The van der Waals surface area contributed by atoms with E-state index < -0.39 is 29.1 Å². The Morgan fingerprint density at radius 1 is 1.08 bits per heavy atom. The molecule has 7 nitrogen and oxygen atoms in total. The number of rotatable bonds is 6. The molecule has 10 heteroatoms. The molecule has 0 radical (unpaired) electrons. The Kier molecular flexibility index (Phi) is 6.79. The topological polar surface area (TPSA) is 98.5 Å². The second-order valence-corrected chi connectivity index (χ2v) is 6.26. The van der Waals surface area contributed by atoms with Gasteiger partial charge in [-0.15, -0.1) is 0 Å². The highest BCUT2D eigenvalue weighted by Crippen LogP contribution is 2.25. The van der Waals surface area contributed by atoms with Crippen molar-refractivity contribution in [1.29, 1.82) is 0 Å². The molecule has 0 saturated heterocycles. The summed E-state index contributed by atoms with van der Waals surface area (Å²) in [5, 5.41) is 14.1. The van der Waals surface area contributed by atoms with Crippen LogP contribution in [0.3, 0.4) is 0 Å². The third-order valence-electron chi connectivity index (χ3n) is 3.20. The Hall–Kier alpha value is -2.35. The van der Waals surface area contributed by atoms with E-state index in [4.69, 9.17) is 39.5 Å². The quantitative estimate of drug-likeness (QED) is 0.435. The van der Waals surface area contributed by atoms with Crippen molar-refractivity contribution in [1.82, 2.24) is 5.32 Å². The van der Waals surface area contributed by atoms with Crippen molar-refractivity contribution in [2.24, 2.45) is 0 Å². The maximum atomic E-state index is 11.9. The van der Waals surface area contributed by atoms with Gasteiger partial charge in [0.15, 0.2) is 6.61 Å². The van der Waals surface area contributed by atoms with E-state index in [1.165, 1.54) is 18.2 Å². The highest BCUT2D eigenvalue weighted by molar-refractivity contribution is 6.35. The van der Waals surface area contributed by atoms with Crippen molar-refractivity contribution >= 4 is 52.4 Å². The summed E-state index contributed by atoms with van der Waals surface area (Å²) < 4.78 is 4.83. The molecular weight excluding hydrogens is 407 g/mol. The summed E-state index contributed by atoms with van der Waals surface area (Å²) in [4.78, 5) is 33.8. The first-order valence-electron chi connectivity index (χ1n) is 7.09. The van der Waals surface area contributed by atoms with Crippen LogP contribution in [0.4, 0.5) is 5.69 Å². The van der Waals surface area contributed by atoms with Gasteiger partial charge < -0.3 is 10.1 Å². The zero-order valence-electron chi connectivity index (χ0n) is 13.0. The van der Waals surface area contributed by atoms with E-state index in [1.807, 2.05) is 0 Å². The molecule has 0 aromatic heterocycles. The summed E-state index contributed by atoms with van der Waals surface area (Å²) in [6, 6.07) is 8.28. The fourth-order valence-corrected chi connectivity index (χ4v) is 2.57. The maximum absolute atomic E-state index is 11.9. The number of nitrogens with one attached hydrogen (secondary N) is 1. The molecule has 0 fully saturated rings. The molecule has 2 aromatic carbocycles. The number of amides is 1. The molecule has 2 rings (SSSR count). The van der Waals surface area contributed by atoms with Gasteiger partial charge in [0.1, 0.15) is 5.02 Å². The van der Waals surface area contributed by atoms with Crippen LogP contribution in [0, 0.1) is 10.1 Å². The molecule has 0 bridgehead atoms. The van der Waals surface area contributed by atoms with Crippen LogP contribution < -0.4 is 5.32 Å². The lowest BCUT2D eigenvalue weighted by atomic mass is 10.2. The fraction of sp³-hybridized carbons (Fsp3) is 0.125. The Labute approximate surface area is 162 Å². The normalized spacial score (nSPS) is 10.3. The molecule has 26 heavy (non-hydrogen) atoms. The number of hydrogen-bond acceptors (Lipinski definition) is 5. The Bertz CT molecular complexity index is 873. The van der Waals surface area contributed by atoms with E-state index >= 15 is 0 Å². The van der Waals surface area contributed by atoms with E-state index in [-0.39, 0.29) is 17.1 Å². The van der Waals surface area contributed by atoms with Gasteiger partial charge in [0.25, 0.3) is 11.6 Å². The van der Waals surface area contributed by atoms with E-state index in [9.17, 15) is 19.7 Å². The van der Waals surface area contributed by atoms with E-state index in [1.54, 1.807) is 12.1 Å². The Balaban J connectivity index is 1.89. The van der Waals surface area contributed by atoms with Gasteiger partial charge in [-0.2, -0.15) is 0 Å². The Morgan fingerprint density at radius 2 is 1.81 bits per heavy atom. The summed E-state index contributed by atoms with van der Waals surface area (Å²) >= 11 is 17.4. The minimum Gasteiger partial charge on any atom is -0.452 e. The zero-order valence-corrected chi connectivity index (χ0v) is 15.3. The van der Waals surface area contributed by atoms with Gasteiger partial charge in [-0.25, -0.2) is 4.79 Å². The molecular formula is C16H11Cl3N2O5. The Morgan fingerprint density at radius 3 is 2.46 bits per heavy atom. The number of esters is 1. The molecule has 0 heterocycles. The van der Waals surface area contributed by atoms with Crippen molar-refractivity contribution in [3.8, 4) is 0 Å². The lowest BCUT2D eigenvalue weighted by molar-refractivity contribution is -0.384. The lowest BCUT2D eigenvalue weighted by Gasteiger charge is -2.08. The van der Waals surface area contributed by atoms with Gasteiger partial charge in [0, 0.05) is 22.7 Å². The highest BCUT2D eigenvalue weighted by atomic mass is 35.5. The van der Waals surface area contributed by atoms with Gasteiger partial charge >= 0.3 is 5.97 Å². The van der Waals surface area contributed by atoms with Crippen molar-refractivity contribution in [3.63, 3.8) is 0 Å². The lowest BCUT2D eigenvalue weighted by Crippen LogP contribution is -2.28. The minimum absolute atomic E-state index is 0.0883. The van der Waals surface area contributed by atoms with Crippen LogP contribution in [-0.4, -0.2) is 23.4 Å². The summed E-state index contributed by atoms with van der Waals surface area (Å²) in [5.74, 6) is -1.45. The van der Waals surface area contributed by atoms with E-state index in [0.29, 0.717) is 15.6 Å². The molecule has 1 amide bonds. The van der Waals surface area contributed by atoms with Crippen molar-refractivity contribution < 1.29 is 19.2 Å². The molecule has 0 aliphatic rings. The summed E-state index contributed by atoms with van der Waals surface area (Å²) in [6.07, 6.45) is 0. The van der Waals surface area contributed by atoms with Crippen molar-refractivity contribution in [2.45, 2.75) is 6.54 Å². The highest BCUT2D eigenvalue weighted by Gasteiger charge is 2.18. The predicted octanol–water partition coefficient (Wildman–Crippen LogP) is 4.03. The molecule has 0 aliphatic heterocycles. The molecule has 2 aromatic rings. The van der Waals surface area contributed by atoms with E-state index in [0.717, 1.165) is 6.07 Å². The molecule has 0 saturated carbocycles. The van der Waals surface area contributed by atoms with Crippen molar-refractivity contribution in [3.05, 3.63) is 72.7 Å². The second-order valence-electron chi connectivity index (χ2n) is 5.01. The number of ether oxygens (including phenoxy) is 1. The molecule has 0 spiro atoms. The average molecular weight is 418 g/mol. The van der Waals surface area contributed by atoms with Crippen LogP contribution in [0.25, 0.3) is 0 Å². The molecule has 0 unspecified atom stereocenters. The second kappa shape index (κ2) is 8.84. The van der Waals surface area contributed by atoms with Crippen LogP contribution >= 0.6 is 34.8 Å². The zero-order chi connectivity index (χ0) is 19.3. The molecule has 0 aliphatic carbocycles. The summed E-state index contributed by atoms with van der Waals surface area (Å²) in [7, 11) is 0. The summed E-state index contributed by atoms with van der Waals surface area (Å²) in [6.45, 7) is -0.431. The van der Waals surface area contributed by atoms with Crippen LogP contribution in [0.5, 0.6) is 0 Å². The largest absolute Gasteiger partial charge is 0.452 e. The van der Waals surface area contributed by atoms with Gasteiger partial charge in [-0.1, -0.05) is 40.9 Å². The van der Waals surface area contributed by atoms with E-state index in [2.05, 4.69) is 5.32 Å². The van der Waals surface area contributed by atoms with Crippen LogP contribution in [0.1, 0.15) is 15.9 Å². The predicted molar refractivity (Wildman–Crippen MR) is 96.7 cm³/mol. The third-order valence-corrected chi connectivity index (χ3v) is 4.11. The molecule has 1 N–H and O–H groups in total. The van der Waals surface area contributed by atoms with Gasteiger partial charge in [0.2, 0.25) is 0 Å². The first-order chi connectivity index (χ1) is 12.3. The average Bonchev–Trinajstić information content (AvgIpc) is 2.59. The first-order valence-corrected chi connectivity index (χ1v) is 8.23. The van der Waals surface area contributed by atoms with Crippen LogP contribution in [-0.2, 0) is 16.1 Å². The number of carbonyl (C=O) groups excluding carboxylic acids is 2. The standard InChI is InChI=1S/C16H11Cl3N2O5/c17-11-3-1-10(13(19)6-11)7-20-15(22)8-26-16(23)9-2-4-12(18)14(5-9)21(24)25/h1-6H,7-8H2,(H,20,22). The first kappa shape index (κ1) is 20.0. The smallest absolute Gasteiger partial charge is 0.338 e. The van der Waals surface area contributed by atoms with Gasteiger partial charge in [0.05, 0.1) is 10.5 Å².